The van der Waals surface area contributed by atoms with E-state index >= 15 is 0 Å². The van der Waals surface area contributed by atoms with E-state index in [1.807, 2.05) is 115 Å². The van der Waals surface area contributed by atoms with Crippen molar-refractivity contribution >= 4 is 23.3 Å². The third kappa shape index (κ3) is 4.55. The number of anilines is 1. The Labute approximate surface area is 232 Å². The van der Waals surface area contributed by atoms with Gasteiger partial charge in [0.05, 0.1) is 42.0 Å². The Balaban J connectivity index is 1.51. The topological polar surface area (TPSA) is 64.3 Å². The Bertz CT molecular complexity index is 1620. The van der Waals surface area contributed by atoms with Crippen LogP contribution in [0.5, 0.6) is 5.75 Å². The number of aryl methyl sites for hydroxylation is 1. The molecule has 0 spiro atoms. The van der Waals surface area contributed by atoms with Crippen LogP contribution in [0.3, 0.4) is 0 Å². The molecular weight excluding hydrogens is 510 g/mol. The second kappa shape index (κ2) is 10.3. The highest BCUT2D eigenvalue weighted by molar-refractivity contribution is 6.30. The van der Waals surface area contributed by atoms with E-state index in [9.17, 15) is 4.79 Å². The minimum atomic E-state index is -0.382. The first-order chi connectivity index (χ1) is 19.0. The van der Waals surface area contributed by atoms with Gasteiger partial charge < -0.3 is 19.5 Å². The number of benzene rings is 3. The highest BCUT2D eigenvalue weighted by atomic mass is 35.5. The number of amides is 2. The van der Waals surface area contributed by atoms with Gasteiger partial charge in [-0.15, -0.1) is 0 Å². The number of hydrogen-bond acceptors (Lipinski definition) is 3. The van der Waals surface area contributed by atoms with Crippen molar-refractivity contribution in [3.8, 4) is 17.3 Å². The fourth-order valence-corrected chi connectivity index (χ4v) is 5.31. The maximum Gasteiger partial charge on any atom is 0.323 e. The lowest BCUT2D eigenvalue weighted by molar-refractivity contribution is 0.194. The summed E-state index contributed by atoms with van der Waals surface area (Å²) >= 11 is 6.26. The van der Waals surface area contributed by atoms with E-state index in [4.69, 9.17) is 21.4 Å². The SMILES string of the molecule is CCOc1ccccc1NC(=O)N1Cc2c(C)nn(-c3ccccc3)c2-n2cccc2[C@@H]1c1ccc(Cl)cc1. The first-order valence-corrected chi connectivity index (χ1v) is 13.3. The van der Waals surface area contributed by atoms with Crippen LogP contribution in [-0.2, 0) is 6.54 Å². The van der Waals surface area contributed by atoms with Crippen LogP contribution in [-0.4, -0.2) is 31.9 Å². The van der Waals surface area contributed by atoms with Gasteiger partial charge in [-0.1, -0.05) is 54.1 Å². The monoisotopic (exact) mass is 537 g/mol. The quantitative estimate of drug-likeness (QED) is 0.259. The van der Waals surface area contributed by atoms with E-state index in [1.165, 1.54) is 0 Å². The average Bonchev–Trinajstić information content (AvgIpc) is 3.51. The molecule has 6 rings (SSSR count). The summed E-state index contributed by atoms with van der Waals surface area (Å²) < 4.78 is 9.88. The summed E-state index contributed by atoms with van der Waals surface area (Å²) in [4.78, 5) is 16.0. The molecule has 3 heterocycles. The number of para-hydroxylation sites is 3. The molecule has 196 valence electrons. The van der Waals surface area contributed by atoms with Gasteiger partial charge in [0.2, 0.25) is 0 Å². The zero-order valence-corrected chi connectivity index (χ0v) is 22.5. The largest absolute Gasteiger partial charge is 0.492 e. The molecule has 5 aromatic rings. The van der Waals surface area contributed by atoms with Crippen molar-refractivity contribution in [3.05, 3.63) is 125 Å². The van der Waals surface area contributed by atoms with Gasteiger partial charge in [-0.05, 0) is 67.9 Å². The average molecular weight is 538 g/mol. The number of urea groups is 1. The molecule has 2 aromatic heterocycles. The van der Waals surface area contributed by atoms with Crippen molar-refractivity contribution in [3.63, 3.8) is 0 Å². The molecule has 1 aliphatic heterocycles. The van der Waals surface area contributed by atoms with Gasteiger partial charge in [0, 0.05) is 16.8 Å². The molecule has 2 amide bonds. The summed E-state index contributed by atoms with van der Waals surface area (Å²) in [5.74, 6) is 1.55. The lowest BCUT2D eigenvalue weighted by atomic mass is 10.0. The molecule has 1 aliphatic rings. The lowest BCUT2D eigenvalue weighted by Gasteiger charge is -2.31. The molecule has 3 aromatic carbocycles. The molecule has 0 unspecified atom stereocenters. The molecule has 1 N–H and O–H groups in total. The van der Waals surface area contributed by atoms with Gasteiger partial charge in [-0.25, -0.2) is 9.48 Å². The van der Waals surface area contributed by atoms with E-state index in [2.05, 4.69) is 16.0 Å². The van der Waals surface area contributed by atoms with Gasteiger partial charge in [0.15, 0.2) is 0 Å². The van der Waals surface area contributed by atoms with E-state index in [-0.39, 0.29) is 12.1 Å². The molecule has 0 fully saturated rings. The van der Waals surface area contributed by atoms with Gasteiger partial charge in [0.1, 0.15) is 11.6 Å². The zero-order chi connectivity index (χ0) is 26.9. The van der Waals surface area contributed by atoms with Crippen molar-refractivity contribution in [1.29, 1.82) is 0 Å². The van der Waals surface area contributed by atoms with Crippen LogP contribution < -0.4 is 10.1 Å². The number of rotatable bonds is 5. The number of carbonyl (C=O) groups excluding carboxylic acids is 1. The zero-order valence-electron chi connectivity index (χ0n) is 21.7. The first kappa shape index (κ1) is 24.8. The van der Waals surface area contributed by atoms with Crippen molar-refractivity contribution in [1.82, 2.24) is 19.2 Å². The van der Waals surface area contributed by atoms with E-state index in [0.717, 1.165) is 34.0 Å². The predicted octanol–water partition coefficient (Wildman–Crippen LogP) is 7.16. The van der Waals surface area contributed by atoms with Crippen molar-refractivity contribution in [2.75, 3.05) is 11.9 Å². The number of hydrogen-bond donors (Lipinski definition) is 1. The maximum absolute atomic E-state index is 14.2. The number of aromatic nitrogens is 3. The molecule has 7 nitrogen and oxygen atoms in total. The van der Waals surface area contributed by atoms with Gasteiger partial charge >= 0.3 is 6.03 Å². The summed E-state index contributed by atoms with van der Waals surface area (Å²) in [6.07, 6.45) is 2.03. The summed E-state index contributed by atoms with van der Waals surface area (Å²) in [6.45, 7) is 4.77. The lowest BCUT2D eigenvalue weighted by Crippen LogP contribution is -2.38. The normalized spacial score (nSPS) is 14.3. The smallest absolute Gasteiger partial charge is 0.323 e. The summed E-state index contributed by atoms with van der Waals surface area (Å²) in [5.41, 5.74) is 5.30. The number of ether oxygens (including phenoxy) is 1. The third-order valence-electron chi connectivity index (χ3n) is 6.96. The Morgan fingerprint density at radius 2 is 1.74 bits per heavy atom. The summed E-state index contributed by atoms with van der Waals surface area (Å²) in [5, 5.41) is 8.67. The molecule has 8 heteroatoms. The van der Waals surface area contributed by atoms with Crippen LogP contribution in [0, 0.1) is 6.92 Å². The second-order valence-electron chi connectivity index (χ2n) is 9.38. The standard InChI is InChI=1S/C31H28ClN5O2/c1-3-39-28-14-8-7-12-26(28)33-31(38)36-20-25-21(2)34-37(24-10-5-4-6-11-24)30(25)35-19-9-13-27(35)29(36)22-15-17-23(32)18-16-22/h4-19,29H,3,20H2,1-2H3,(H,33,38)/t29-/m0/s1. The van der Waals surface area contributed by atoms with Crippen LogP contribution in [0.15, 0.2) is 97.2 Å². The molecule has 39 heavy (non-hydrogen) atoms. The summed E-state index contributed by atoms with van der Waals surface area (Å²) in [6, 6.07) is 28.7. The minimum Gasteiger partial charge on any atom is -0.492 e. The number of nitrogens with zero attached hydrogens (tertiary/aromatic N) is 4. The van der Waals surface area contributed by atoms with E-state index < -0.39 is 0 Å². The maximum atomic E-state index is 14.2. The van der Waals surface area contributed by atoms with Crippen LogP contribution in [0.4, 0.5) is 10.5 Å². The van der Waals surface area contributed by atoms with Gasteiger partial charge in [-0.3, -0.25) is 0 Å². The Morgan fingerprint density at radius 3 is 2.51 bits per heavy atom. The number of carbonyl (C=O) groups is 1. The van der Waals surface area contributed by atoms with Gasteiger partial charge in [-0.2, -0.15) is 5.10 Å². The molecule has 0 saturated carbocycles. The van der Waals surface area contributed by atoms with Crippen molar-refractivity contribution in [2.45, 2.75) is 26.4 Å². The number of halogens is 1. The molecule has 0 radical (unpaired) electrons. The van der Waals surface area contributed by atoms with Gasteiger partial charge in [0.25, 0.3) is 0 Å². The van der Waals surface area contributed by atoms with Crippen LogP contribution in [0.2, 0.25) is 5.02 Å². The molecule has 1 atom stereocenters. The minimum absolute atomic E-state index is 0.241. The first-order valence-electron chi connectivity index (χ1n) is 12.9. The third-order valence-corrected chi connectivity index (χ3v) is 7.21. The fraction of sp³-hybridized carbons (Fsp3) is 0.161. The van der Waals surface area contributed by atoms with E-state index in [1.54, 1.807) is 0 Å². The van der Waals surface area contributed by atoms with Crippen LogP contribution in [0.1, 0.15) is 35.5 Å². The highest BCUT2D eigenvalue weighted by Crippen LogP contribution is 2.39. The van der Waals surface area contributed by atoms with Crippen LogP contribution in [0.25, 0.3) is 11.5 Å². The number of fused-ring (bicyclic) bond motifs is 3. The highest BCUT2D eigenvalue weighted by Gasteiger charge is 2.36. The molecule has 0 saturated heterocycles. The molecule has 0 bridgehead atoms. The van der Waals surface area contributed by atoms with Crippen LogP contribution >= 0.6 is 11.6 Å². The number of nitrogens with one attached hydrogen (secondary N) is 1. The van der Waals surface area contributed by atoms with Crippen molar-refractivity contribution < 1.29 is 9.53 Å². The van der Waals surface area contributed by atoms with Crippen molar-refractivity contribution in [2.24, 2.45) is 0 Å². The molecule has 0 aliphatic carbocycles. The predicted molar refractivity (Wildman–Crippen MR) is 153 cm³/mol. The Morgan fingerprint density at radius 1 is 1.00 bits per heavy atom. The second-order valence-corrected chi connectivity index (χ2v) is 9.82. The summed E-state index contributed by atoms with van der Waals surface area (Å²) in [7, 11) is 0. The van der Waals surface area contributed by atoms with E-state index in [0.29, 0.717) is 29.6 Å². The molecular formula is C31H28ClN5O2. The Hall–Kier alpha value is -4.49. The fourth-order valence-electron chi connectivity index (χ4n) is 5.18. The Kier molecular flexibility index (Phi) is 6.59.